The molecule has 1 unspecified atom stereocenters. The van der Waals surface area contributed by atoms with Crippen LogP contribution in [0.3, 0.4) is 0 Å². The maximum absolute atomic E-state index is 4.70. The molecule has 5 nitrogen and oxygen atoms in total. The van der Waals surface area contributed by atoms with Gasteiger partial charge in [-0.05, 0) is 64.8 Å². The molecule has 1 aromatic rings. The number of guanidine groups is 1. The number of pyridine rings is 1. The summed E-state index contributed by atoms with van der Waals surface area (Å²) >= 11 is 0. The molecule has 1 saturated heterocycles. The van der Waals surface area contributed by atoms with E-state index in [-0.39, 0.29) is 0 Å². The smallest absolute Gasteiger partial charge is 0.191 e. The Balaban J connectivity index is 1.63. The van der Waals surface area contributed by atoms with Crippen molar-refractivity contribution in [3.8, 4) is 0 Å². The van der Waals surface area contributed by atoms with Gasteiger partial charge >= 0.3 is 0 Å². The molecule has 0 radical (unpaired) electrons. The fourth-order valence-corrected chi connectivity index (χ4v) is 3.30. The molecule has 0 aliphatic carbocycles. The van der Waals surface area contributed by atoms with Crippen molar-refractivity contribution < 1.29 is 0 Å². The summed E-state index contributed by atoms with van der Waals surface area (Å²) in [5, 5.41) is 6.73. The van der Waals surface area contributed by atoms with E-state index >= 15 is 0 Å². The quantitative estimate of drug-likeness (QED) is 0.410. The molecule has 2 heterocycles. The molecule has 1 atom stereocenters. The van der Waals surface area contributed by atoms with Gasteiger partial charge in [0.1, 0.15) is 0 Å². The Morgan fingerprint density at radius 1 is 1.28 bits per heavy atom. The number of aliphatic imine (C=N–C) groups is 1. The number of piperidine rings is 1. The Labute approximate surface area is 153 Å². The molecule has 140 valence electrons. The van der Waals surface area contributed by atoms with Gasteiger partial charge in [-0.3, -0.25) is 9.98 Å². The van der Waals surface area contributed by atoms with Gasteiger partial charge < -0.3 is 15.5 Å². The van der Waals surface area contributed by atoms with Crippen molar-refractivity contribution in [3.63, 3.8) is 0 Å². The summed E-state index contributed by atoms with van der Waals surface area (Å²) in [6.45, 7) is 9.61. The molecule has 1 aliphatic rings. The third kappa shape index (κ3) is 7.86. The standard InChI is InChI=1S/C20H35N5/c1-3-21-20(24-15-12-19-11-4-6-13-22-19)23-14-7-9-17-25-16-8-5-10-18(25)2/h4,6,11,13,18H,3,5,7-10,12,14-17H2,1-2H3,(H2,21,23,24). The summed E-state index contributed by atoms with van der Waals surface area (Å²) in [5.74, 6) is 0.921. The molecule has 25 heavy (non-hydrogen) atoms. The van der Waals surface area contributed by atoms with Gasteiger partial charge in [-0.25, -0.2) is 0 Å². The van der Waals surface area contributed by atoms with Gasteiger partial charge in [-0.2, -0.15) is 0 Å². The summed E-state index contributed by atoms with van der Waals surface area (Å²) in [6, 6.07) is 6.81. The Bertz CT molecular complexity index is 488. The lowest BCUT2D eigenvalue weighted by Crippen LogP contribution is -2.38. The molecule has 0 bridgehead atoms. The van der Waals surface area contributed by atoms with Crippen molar-refractivity contribution >= 4 is 5.96 Å². The number of aromatic nitrogens is 1. The van der Waals surface area contributed by atoms with Crippen LogP contribution in [0.4, 0.5) is 0 Å². The van der Waals surface area contributed by atoms with E-state index in [1.807, 2.05) is 18.3 Å². The van der Waals surface area contributed by atoms with E-state index in [9.17, 15) is 0 Å². The minimum Gasteiger partial charge on any atom is -0.357 e. The van der Waals surface area contributed by atoms with Crippen molar-refractivity contribution in [1.29, 1.82) is 0 Å². The lowest BCUT2D eigenvalue weighted by Gasteiger charge is -2.33. The Morgan fingerprint density at radius 3 is 2.96 bits per heavy atom. The van der Waals surface area contributed by atoms with E-state index in [4.69, 9.17) is 4.99 Å². The zero-order chi connectivity index (χ0) is 17.7. The number of nitrogens with one attached hydrogen (secondary N) is 2. The highest BCUT2D eigenvalue weighted by Gasteiger charge is 2.16. The fourth-order valence-electron chi connectivity index (χ4n) is 3.30. The predicted octanol–water partition coefficient (Wildman–Crippen LogP) is 2.83. The summed E-state index contributed by atoms with van der Waals surface area (Å²) in [4.78, 5) is 11.7. The molecule has 0 amide bonds. The maximum atomic E-state index is 4.70. The van der Waals surface area contributed by atoms with Crippen LogP contribution < -0.4 is 10.6 Å². The van der Waals surface area contributed by atoms with E-state index in [0.717, 1.165) is 50.2 Å². The summed E-state index contributed by atoms with van der Waals surface area (Å²) in [7, 11) is 0. The van der Waals surface area contributed by atoms with Gasteiger partial charge in [-0.15, -0.1) is 0 Å². The summed E-state index contributed by atoms with van der Waals surface area (Å²) in [5.41, 5.74) is 1.11. The highest BCUT2D eigenvalue weighted by molar-refractivity contribution is 5.79. The Hall–Kier alpha value is -1.62. The highest BCUT2D eigenvalue weighted by Crippen LogP contribution is 2.16. The van der Waals surface area contributed by atoms with Crippen molar-refractivity contribution in [2.75, 3.05) is 32.7 Å². The molecular formula is C20H35N5. The topological polar surface area (TPSA) is 52.6 Å². The largest absolute Gasteiger partial charge is 0.357 e. The second-order valence-electron chi connectivity index (χ2n) is 6.85. The van der Waals surface area contributed by atoms with E-state index in [2.05, 4.69) is 40.4 Å². The van der Waals surface area contributed by atoms with E-state index in [1.54, 1.807) is 0 Å². The van der Waals surface area contributed by atoms with E-state index in [1.165, 1.54) is 38.8 Å². The predicted molar refractivity (Wildman–Crippen MR) is 106 cm³/mol. The summed E-state index contributed by atoms with van der Waals surface area (Å²) in [6.07, 6.45) is 9.28. The lowest BCUT2D eigenvalue weighted by atomic mass is 10.0. The molecule has 2 rings (SSSR count). The normalized spacial score (nSPS) is 19.0. The first kappa shape index (κ1) is 19.7. The number of likely N-dealkylation sites (tertiary alicyclic amines) is 1. The minimum absolute atomic E-state index is 0.767. The van der Waals surface area contributed by atoms with Crippen LogP contribution in [0.25, 0.3) is 0 Å². The van der Waals surface area contributed by atoms with Crippen molar-refractivity contribution in [2.45, 2.75) is 58.4 Å². The third-order valence-corrected chi connectivity index (χ3v) is 4.81. The number of hydrogen-bond acceptors (Lipinski definition) is 3. The number of nitrogens with zero attached hydrogens (tertiary/aromatic N) is 3. The van der Waals surface area contributed by atoms with E-state index in [0.29, 0.717) is 0 Å². The lowest BCUT2D eigenvalue weighted by molar-refractivity contribution is 0.158. The van der Waals surface area contributed by atoms with Crippen LogP contribution in [0.15, 0.2) is 29.4 Å². The van der Waals surface area contributed by atoms with Crippen LogP contribution in [-0.4, -0.2) is 54.6 Å². The van der Waals surface area contributed by atoms with Gasteiger partial charge in [-0.1, -0.05) is 12.5 Å². The first-order chi connectivity index (χ1) is 12.3. The molecule has 1 aromatic heterocycles. The zero-order valence-corrected chi connectivity index (χ0v) is 16.0. The van der Waals surface area contributed by atoms with Crippen molar-refractivity contribution in [2.24, 2.45) is 4.99 Å². The summed E-state index contributed by atoms with van der Waals surface area (Å²) < 4.78 is 0. The molecule has 1 aliphatic heterocycles. The minimum atomic E-state index is 0.767. The molecule has 2 N–H and O–H groups in total. The maximum Gasteiger partial charge on any atom is 0.191 e. The number of hydrogen-bond donors (Lipinski definition) is 2. The SMILES string of the molecule is CCNC(=NCCCCN1CCCCC1C)NCCc1ccccn1. The zero-order valence-electron chi connectivity index (χ0n) is 16.0. The van der Waals surface area contributed by atoms with Crippen LogP contribution in [0.1, 0.15) is 51.6 Å². The van der Waals surface area contributed by atoms with Crippen molar-refractivity contribution in [3.05, 3.63) is 30.1 Å². The number of unbranched alkanes of at least 4 members (excludes halogenated alkanes) is 1. The van der Waals surface area contributed by atoms with Gasteiger partial charge in [0.05, 0.1) is 0 Å². The molecule has 0 saturated carbocycles. The molecule has 0 aromatic carbocycles. The van der Waals surface area contributed by atoms with Crippen LogP contribution >= 0.6 is 0 Å². The Morgan fingerprint density at radius 2 is 2.20 bits per heavy atom. The van der Waals surface area contributed by atoms with Gasteiger partial charge in [0.15, 0.2) is 5.96 Å². The molecule has 0 spiro atoms. The van der Waals surface area contributed by atoms with Crippen LogP contribution in [0, 0.1) is 0 Å². The van der Waals surface area contributed by atoms with Crippen LogP contribution in [0.2, 0.25) is 0 Å². The highest BCUT2D eigenvalue weighted by atomic mass is 15.2. The van der Waals surface area contributed by atoms with Crippen LogP contribution in [0.5, 0.6) is 0 Å². The average molecular weight is 346 g/mol. The fraction of sp³-hybridized carbons (Fsp3) is 0.700. The molecular weight excluding hydrogens is 310 g/mol. The Kier molecular flexibility index (Phi) is 9.34. The van der Waals surface area contributed by atoms with Gasteiger partial charge in [0.2, 0.25) is 0 Å². The first-order valence-corrected chi connectivity index (χ1v) is 9.95. The van der Waals surface area contributed by atoms with E-state index < -0.39 is 0 Å². The molecule has 1 fully saturated rings. The first-order valence-electron chi connectivity index (χ1n) is 9.95. The number of rotatable bonds is 9. The van der Waals surface area contributed by atoms with Gasteiger partial charge in [0, 0.05) is 44.0 Å². The second kappa shape index (κ2) is 11.9. The second-order valence-corrected chi connectivity index (χ2v) is 6.85. The third-order valence-electron chi connectivity index (χ3n) is 4.81. The average Bonchev–Trinajstić information content (AvgIpc) is 2.64. The van der Waals surface area contributed by atoms with Crippen LogP contribution in [-0.2, 0) is 6.42 Å². The van der Waals surface area contributed by atoms with Crippen molar-refractivity contribution in [1.82, 2.24) is 20.5 Å². The van der Waals surface area contributed by atoms with Gasteiger partial charge in [0.25, 0.3) is 0 Å². The molecule has 5 heteroatoms. The monoisotopic (exact) mass is 345 g/mol.